The average molecular weight is 678 g/mol. The van der Waals surface area contributed by atoms with E-state index in [1.54, 1.807) is 0 Å². The van der Waals surface area contributed by atoms with Gasteiger partial charge in [-0.15, -0.1) is 9.05 Å². The molecule has 1 aliphatic carbocycles. The topological polar surface area (TPSA) is 72.5 Å². The van der Waals surface area contributed by atoms with Crippen molar-refractivity contribution in [1.82, 2.24) is 0 Å². The van der Waals surface area contributed by atoms with Crippen molar-refractivity contribution in [2.24, 2.45) is 0 Å². The molecular weight excluding hydrogens is 635 g/mol. The molecule has 1 aliphatic rings. The second-order valence-corrected chi connectivity index (χ2v) is 12.9. The number of hydrogen-bond donors (Lipinski definition) is 0. The van der Waals surface area contributed by atoms with E-state index < -0.39 is 38.8 Å². The van der Waals surface area contributed by atoms with E-state index in [0.717, 1.165) is 27.8 Å². The first-order chi connectivity index (χ1) is 24.2. The van der Waals surface area contributed by atoms with Crippen LogP contribution in [0.3, 0.4) is 0 Å². The molecule has 5 aromatic carbocycles. The zero-order chi connectivity index (χ0) is 33.5. The molecule has 0 radical (unpaired) electrons. The molecule has 6 atom stereocenters. The lowest BCUT2D eigenvalue weighted by Gasteiger charge is -2.43. The van der Waals surface area contributed by atoms with E-state index in [2.05, 4.69) is 0 Å². The number of rotatable bonds is 17. The highest BCUT2D eigenvalue weighted by Crippen LogP contribution is 2.39. The number of hydrogen-bond acceptors (Lipinski definition) is 7. The largest absolute Gasteiger partial charge is 0.698 e. The van der Waals surface area contributed by atoms with E-state index in [9.17, 15) is 4.57 Å². The maximum Gasteiger partial charge on any atom is 0.698 e. The maximum atomic E-state index is 13.5. The fourth-order valence-corrected chi connectivity index (χ4v) is 6.64. The zero-order valence-corrected chi connectivity index (χ0v) is 28.3. The van der Waals surface area contributed by atoms with E-state index in [1.807, 2.05) is 152 Å². The summed E-state index contributed by atoms with van der Waals surface area (Å²) < 4.78 is 52.3. The summed E-state index contributed by atoms with van der Waals surface area (Å²) in [5.74, 6) is 0. The molecule has 0 heterocycles. The Hall–Kier alpha value is -4.04. The minimum Gasteiger partial charge on any atom is -0.371 e. The molecule has 0 saturated heterocycles. The van der Waals surface area contributed by atoms with Crippen molar-refractivity contribution in [1.29, 1.82) is 0 Å². The van der Waals surface area contributed by atoms with Crippen LogP contribution in [0.5, 0.6) is 0 Å². The molecule has 7 nitrogen and oxygen atoms in total. The van der Waals surface area contributed by atoms with Crippen molar-refractivity contribution in [2.75, 3.05) is 0 Å². The van der Waals surface area contributed by atoms with Gasteiger partial charge < -0.3 is 18.9 Å². The van der Waals surface area contributed by atoms with Crippen LogP contribution in [0.2, 0.25) is 0 Å². The highest BCUT2D eigenvalue weighted by molar-refractivity contribution is 7.33. The van der Waals surface area contributed by atoms with Gasteiger partial charge in [0.2, 0.25) is 0 Å². The summed E-state index contributed by atoms with van der Waals surface area (Å²) in [4.78, 5) is 0. The first-order valence-electron chi connectivity index (χ1n) is 16.6. The predicted molar refractivity (Wildman–Crippen MR) is 188 cm³/mol. The van der Waals surface area contributed by atoms with Crippen LogP contribution < -0.4 is 0 Å². The minimum absolute atomic E-state index is 0.143. The van der Waals surface area contributed by atoms with Gasteiger partial charge in [0.05, 0.1) is 38.6 Å². The van der Waals surface area contributed by atoms with E-state index in [-0.39, 0.29) is 13.2 Å². The molecule has 5 aromatic rings. The summed E-state index contributed by atoms with van der Waals surface area (Å²) in [6, 6.07) is 49.6. The number of benzene rings is 5. The van der Waals surface area contributed by atoms with Gasteiger partial charge >= 0.3 is 8.25 Å². The predicted octanol–water partition coefficient (Wildman–Crippen LogP) is 8.99. The van der Waals surface area contributed by atoms with Gasteiger partial charge in [0.15, 0.2) is 6.10 Å². The van der Waals surface area contributed by atoms with E-state index >= 15 is 0 Å². The van der Waals surface area contributed by atoms with Gasteiger partial charge in [-0.05, 0) is 27.8 Å². The van der Waals surface area contributed by atoms with Gasteiger partial charge in [-0.2, -0.15) is 0 Å². The smallest absolute Gasteiger partial charge is 0.371 e. The Balaban J connectivity index is 1.30. The zero-order valence-electron chi connectivity index (χ0n) is 27.4. The second-order valence-electron chi connectivity index (χ2n) is 12.0. The van der Waals surface area contributed by atoms with E-state index in [1.165, 1.54) is 0 Å². The molecule has 0 aliphatic heterocycles. The third-order valence-corrected chi connectivity index (χ3v) is 9.17. The third kappa shape index (κ3) is 10.7. The Morgan fingerprint density at radius 2 is 0.735 bits per heavy atom. The lowest BCUT2D eigenvalue weighted by atomic mass is 9.86. The van der Waals surface area contributed by atoms with Crippen molar-refractivity contribution >= 4 is 8.25 Å². The van der Waals surface area contributed by atoms with Crippen molar-refractivity contribution < 1.29 is 32.6 Å². The lowest BCUT2D eigenvalue weighted by Crippen LogP contribution is -2.59. The first-order valence-corrected chi connectivity index (χ1v) is 17.7. The summed E-state index contributed by atoms with van der Waals surface area (Å²) in [6.07, 6.45) is -2.61. The summed E-state index contributed by atoms with van der Waals surface area (Å²) in [5, 5.41) is 0. The fourth-order valence-electron chi connectivity index (χ4n) is 5.87. The highest BCUT2D eigenvalue weighted by Gasteiger charge is 2.52. The van der Waals surface area contributed by atoms with E-state index in [0.29, 0.717) is 26.2 Å². The van der Waals surface area contributed by atoms with Gasteiger partial charge in [0.1, 0.15) is 18.8 Å². The SMILES string of the molecule is O=[P+](OCc1ccccc1)O[C@H]1[C@H](OCc2ccccc2)[C@@H](OCc2ccccc2)[C@H](OCc2ccccc2)C[C@H]1OCc1ccccc1. The normalized spacial score (nSPS) is 20.9. The Morgan fingerprint density at radius 3 is 1.14 bits per heavy atom. The fraction of sp³-hybridized carbons (Fsp3) is 0.268. The Morgan fingerprint density at radius 1 is 0.408 bits per heavy atom. The molecule has 252 valence electrons. The molecule has 0 amide bonds. The summed E-state index contributed by atoms with van der Waals surface area (Å²) in [5.41, 5.74) is 4.95. The molecule has 8 heteroatoms. The van der Waals surface area contributed by atoms with Crippen LogP contribution in [-0.2, 0) is 65.6 Å². The Kier molecular flexibility index (Phi) is 13.2. The van der Waals surface area contributed by atoms with Crippen LogP contribution in [0, 0.1) is 0 Å². The molecule has 6 rings (SSSR count). The summed E-state index contributed by atoms with van der Waals surface area (Å²) in [6.45, 7) is 1.48. The van der Waals surface area contributed by atoms with Crippen LogP contribution in [0.4, 0.5) is 0 Å². The van der Waals surface area contributed by atoms with Crippen LogP contribution in [-0.4, -0.2) is 30.5 Å². The first kappa shape index (κ1) is 34.8. The Bertz CT molecular complexity index is 1660. The molecule has 1 unspecified atom stereocenters. The molecule has 0 spiro atoms. The summed E-state index contributed by atoms with van der Waals surface area (Å²) in [7, 11) is -2.55. The minimum atomic E-state index is -2.55. The van der Waals surface area contributed by atoms with Crippen molar-refractivity contribution in [3.63, 3.8) is 0 Å². The van der Waals surface area contributed by atoms with E-state index in [4.69, 9.17) is 28.0 Å². The van der Waals surface area contributed by atoms with Crippen molar-refractivity contribution in [2.45, 2.75) is 70.0 Å². The second kappa shape index (κ2) is 18.6. The van der Waals surface area contributed by atoms with Gasteiger partial charge in [-0.3, -0.25) is 0 Å². The van der Waals surface area contributed by atoms with Crippen molar-refractivity contribution in [3.05, 3.63) is 179 Å². The molecule has 0 bridgehead atoms. The monoisotopic (exact) mass is 677 g/mol. The van der Waals surface area contributed by atoms with Crippen LogP contribution >= 0.6 is 8.25 Å². The van der Waals surface area contributed by atoms with Gasteiger partial charge in [0.25, 0.3) is 0 Å². The third-order valence-electron chi connectivity index (χ3n) is 8.42. The van der Waals surface area contributed by atoms with Crippen LogP contribution in [0.15, 0.2) is 152 Å². The molecule has 0 aromatic heterocycles. The van der Waals surface area contributed by atoms with Crippen LogP contribution in [0.1, 0.15) is 34.2 Å². The molecule has 1 saturated carbocycles. The number of ether oxygens (including phenoxy) is 4. The summed E-state index contributed by atoms with van der Waals surface area (Å²) >= 11 is 0. The molecular formula is C41H42O7P+. The van der Waals surface area contributed by atoms with Gasteiger partial charge in [-0.25, -0.2) is 0 Å². The van der Waals surface area contributed by atoms with Gasteiger partial charge in [0, 0.05) is 11.0 Å². The maximum absolute atomic E-state index is 13.5. The lowest BCUT2D eigenvalue weighted by molar-refractivity contribution is -0.232. The van der Waals surface area contributed by atoms with Crippen molar-refractivity contribution in [3.8, 4) is 0 Å². The quantitative estimate of drug-likeness (QED) is 0.0910. The molecule has 1 fully saturated rings. The molecule has 49 heavy (non-hydrogen) atoms. The van der Waals surface area contributed by atoms with Gasteiger partial charge in [-0.1, -0.05) is 152 Å². The average Bonchev–Trinajstić information content (AvgIpc) is 3.16. The highest BCUT2D eigenvalue weighted by atomic mass is 31.1. The standard InChI is InChI=1S/C41H42O7P/c42-49(47-31-36-24-14-5-15-25-36)48-40-38(44-28-33-18-8-2-9-19-33)26-37(43-27-32-16-6-1-7-17-32)39(45-29-34-20-10-3-11-21-34)41(40)46-30-35-22-12-4-13-23-35/h1-25,37-41H,26-31H2/q+1/t37-,38-,39+,40-,41-/m1/s1. The Labute approximate surface area is 289 Å². The van der Waals surface area contributed by atoms with Crippen LogP contribution in [0.25, 0.3) is 0 Å². The molecule has 0 N–H and O–H groups in total.